The van der Waals surface area contributed by atoms with E-state index in [1.165, 1.54) is 6.21 Å². The molecule has 1 aromatic carbocycles. The Morgan fingerprint density at radius 3 is 2.93 bits per heavy atom. The number of nitrogens with one attached hydrogen (secondary N) is 2. The highest BCUT2D eigenvalue weighted by Gasteiger charge is 2.34. The van der Waals surface area contributed by atoms with Gasteiger partial charge in [0.1, 0.15) is 0 Å². The number of benzene rings is 1. The molecule has 144 valence electrons. The molecular weight excluding hydrogens is 383 g/mol. The van der Waals surface area contributed by atoms with Crippen molar-refractivity contribution in [2.45, 2.75) is 46.5 Å². The molecule has 0 aliphatic heterocycles. The zero-order valence-electron chi connectivity index (χ0n) is 15.8. The van der Waals surface area contributed by atoms with Crippen molar-refractivity contribution in [3.63, 3.8) is 0 Å². The van der Waals surface area contributed by atoms with Gasteiger partial charge in [0, 0.05) is 21.8 Å². The summed E-state index contributed by atoms with van der Waals surface area (Å²) in [6.45, 7) is 6.81. The first kappa shape index (κ1) is 19.9. The van der Waals surface area contributed by atoms with E-state index in [1.807, 2.05) is 0 Å². The van der Waals surface area contributed by atoms with Crippen LogP contribution in [0, 0.1) is 11.3 Å². The number of hydrazone groups is 1. The smallest absolute Gasteiger partial charge is 0.281 e. The molecule has 1 aliphatic rings. The molecule has 1 aromatic heterocycles. The summed E-state index contributed by atoms with van der Waals surface area (Å²) in [5, 5.41) is 12.3. The van der Waals surface area contributed by atoms with Crippen molar-refractivity contribution in [1.82, 2.24) is 15.6 Å². The van der Waals surface area contributed by atoms with Gasteiger partial charge in [-0.2, -0.15) is 10.2 Å². The van der Waals surface area contributed by atoms with Gasteiger partial charge in [0.15, 0.2) is 5.69 Å². The van der Waals surface area contributed by atoms with Crippen molar-refractivity contribution < 1.29 is 4.79 Å². The van der Waals surface area contributed by atoms with Gasteiger partial charge in [0.25, 0.3) is 5.91 Å². The molecule has 3 rings (SSSR count). The molecule has 0 spiro atoms. The van der Waals surface area contributed by atoms with Crippen molar-refractivity contribution in [3.05, 3.63) is 50.8 Å². The van der Waals surface area contributed by atoms with Crippen LogP contribution in [-0.4, -0.2) is 22.3 Å². The van der Waals surface area contributed by atoms with E-state index < -0.39 is 0 Å². The van der Waals surface area contributed by atoms with Gasteiger partial charge in [-0.25, -0.2) is 5.43 Å². The number of carbonyl (C=O) groups excluding carboxylic acids is 1. The van der Waals surface area contributed by atoms with Crippen molar-refractivity contribution in [3.8, 4) is 0 Å². The van der Waals surface area contributed by atoms with Crippen LogP contribution in [0.5, 0.6) is 0 Å². The van der Waals surface area contributed by atoms with Crippen LogP contribution < -0.4 is 5.43 Å². The van der Waals surface area contributed by atoms with E-state index in [-0.39, 0.29) is 11.3 Å². The fourth-order valence-electron chi connectivity index (χ4n) is 3.46. The van der Waals surface area contributed by atoms with Crippen LogP contribution in [0.3, 0.4) is 0 Å². The number of halogens is 2. The molecule has 7 heteroatoms. The molecular formula is C20H24Cl2N4O. The fourth-order valence-corrected chi connectivity index (χ4v) is 3.92. The molecule has 27 heavy (non-hydrogen) atoms. The van der Waals surface area contributed by atoms with Crippen LogP contribution in [0.1, 0.15) is 60.9 Å². The molecule has 0 radical (unpaired) electrons. The summed E-state index contributed by atoms with van der Waals surface area (Å²) in [6, 6.07) is 5.09. The van der Waals surface area contributed by atoms with Crippen LogP contribution in [0.2, 0.25) is 10.0 Å². The second-order valence-electron chi connectivity index (χ2n) is 7.68. The number of nitrogens with zero attached hydrogens (tertiary/aromatic N) is 2. The van der Waals surface area contributed by atoms with Crippen molar-refractivity contribution >= 4 is 35.3 Å². The summed E-state index contributed by atoms with van der Waals surface area (Å²) in [7, 11) is 0. The minimum atomic E-state index is -0.316. The largest absolute Gasteiger partial charge is 0.292 e. The average Bonchev–Trinajstić information content (AvgIpc) is 3.06. The fraction of sp³-hybridized carbons (Fsp3) is 0.450. The summed E-state index contributed by atoms with van der Waals surface area (Å²) in [4.78, 5) is 12.6. The summed E-state index contributed by atoms with van der Waals surface area (Å²) >= 11 is 12.0. The van der Waals surface area contributed by atoms with E-state index >= 15 is 0 Å². The number of hydrogen-bond acceptors (Lipinski definition) is 3. The Hall–Kier alpha value is -1.85. The number of amides is 1. The Kier molecular flexibility index (Phi) is 5.92. The Bertz CT molecular complexity index is 873. The lowest BCUT2D eigenvalue weighted by molar-refractivity contribution is 0.0947. The van der Waals surface area contributed by atoms with Crippen LogP contribution in [0.15, 0.2) is 23.3 Å². The van der Waals surface area contributed by atoms with Gasteiger partial charge >= 0.3 is 0 Å². The van der Waals surface area contributed by atoms with Gasteiger partial charge in [-0.05, 0) is 42.7 Å². The maximum absolute atomic E-state index is 12.6. The maximum Gasteiger partial charge on any atom is 0.292 e. The van der Waals surface area contributed by atoms with E-state index in [4.69, 9.17) is 23.2 Å². The Morgan fingerprint density at radius 2 is 2.22 bits per heavy atom. The predicted octanol–water partition coefficient (Wildman–Crippen LogP) is 5.02. The predicted molar refractivity (Wildman–Crippen MR) is 110 cm³/mol. The maximum atomic E-state index is 12.6. The van der Waals surface area contributed by atoms with Crippen molar-refractivity contribution in [1.29, 1.82) is 0 Å². The first-order chi connectivity index (χ1) is 12.8. The molecule has 2 aromatic rings. The first-order valence-corrected chi connectivity index (χ1v) is 9.92. The summed E-state index contributed by atoms with van der Waals surface area (Å²) in [6.07, 6.45) is 5.51. The van der Waals surface area contributed by atoms with Gasteiger partial charge < -0.3 is 0 Å². The number of hydrogen-bond donors (Lipinski definition) is 2. The van der Waals surface area contributed by atoms with Crippen molar-refractivity contribution in [2.24, 2.45) is 16.4 Å². The third-order valence-corrected chi connectivity index (χ3v) is 6.27. The molecule has 0 bridgehead atoms. The number of carbonyl (C=O) groups is 1. The van der Waals surface area contributed by atoms with Crippen LogP contribution in [-0.2, 0) is 12.8 Å². The first-order valence-electron chi connectivity index (χ1n) is 9.16. The van der Waals surface area contributed by atoms with Gasteiger partial charge in [0.05, 0.1) is 11.2 Å². The molecule has 0 fully saturated rings. The normalized spacial score (nSPS) is 17.1. The molecule has 0 unspecified atom stereocenters. The number of fused-ring (bicyclic) bond motifs is 1. The quantitative estimate of drug-likeness (QED) is 0.540. The van der Waals surface area contributed by atoms with Gasteiger partial charge in [-0.1, -0.05) is 56.5 Å². The monoisotopic (exact) mass is 406 g/mol. The lowest BCUT2D eigenvalue weighted by atomic mass is 9.69. The highest BCUT2D eigenvalue weighted by atomic mass is 35.5. The molecule has 1 heterocycles. The standard InChI is InChI=1S/C20H24Cl2N4O/c1-4-20(2,3)13-6-8-17-15(9-13)18(25-24-17)19(27)26-23-11-12-5-7-14(21)10-16(12)22/h5,7,10-11,13H,4,6,8-9H2,1-3H3,(H,24,25)(H,26,27)/b23-11+/t13-/m1/s1. The van der Waals surface area contributed by atoms with Crippen molar-refractivity contribution in [2.75, 3.05) is 0 Å². The van der Waals surface area contributed by atoms with E-state index in [0.717, 1.165) is 36.9 Å². The third-order valence-electron chi connectivity index (χ3n) is 5.71. The second-order valence-corrected chi connectivity index (χ2v) is 8.52. The zero-order chi connectivity index (χ0) is 19.6. The summed E-state index contributed by atoms with van der Waals surface area (Å²) < 4.78 is 0. The second kappa shape index (κ2) is 8.03. The molecule has 1 aliphatic carbocycles. The van der Waals surface area contributed by atoms with E-state index in [2.05, 4.69) is 41.5 Å². The number of aromatic nitrogens is 2. The van der Waals surface area contributed by atoms with E-state index in [0.29, 0.717) is 27.2 Å². The topological polar surface area (TPSA) is 70.1 Å². The zero-order valence-corrected chi connectivity index (χ0v) is 17.3. The van der Waals surface area contributed by atoms with Crippen LogP contribution in [0.4, 0.5) is 0 Å². The van der Waals surface area contributed by atoms with Crippen LogP contribution >= 0.6 is 23.2 Å². The van der Waals surface area contributed by atoms with Crippen LogP contribution in [0.25, 0.3) is 0 Å². The van der Waals surface area contributed by atoms with Gasteiger partial charge in [-0.3, -0.25) is 9.89 Å². The lowest BCUT2D eigenvalue weighted by Gasteiger charge is -2.36. The molecule has 0 saturated heterocycles. The average molecular weight is 407 g/mol. The van der Waals surface area contributed by atoms with Gasteiger partial charge in [0.2, 0.25) is 0 Å². The highest BCUT2D eigenvalue weighted by molar-refractivity contribution is 6.36. The molecule has 1 atom stereocenters. The Labute approximate surface area is 169 Å². The minimum Gasteiger partial charge on any atom is -0.281 e. The number of aryl methyl sites for hydroxylation is 1. The summed E-state index contributed by atoms with van der Waals surface area (Å²) in [5.74, 6) is 0.222. The Morgan fingerprint density at radius 1 is 1.44 bits per heavy atom. The Balaban J connectivity index is 1.72. The molecule has 2 N–H and O–H groups in total. The third kappa shape index (κ3) is 4.36. The summed E-state index contributed by atoms with van der Waals surface area (Å²) in [5.41, 5.74) is 5.98. The van der Waals surface area contributed by atoms with Gasteiger partial charge in [-0.15, -0.1) is 0 Å². The molecule has 1 amide bonds. The number of rotatable bonds is 5. The minimum absolute atomic E-state index is 0.242. The highest BCUT2D eigenvalue weighted by Crippen LogP contribution is 2.40. The SMILES string of the molecule is CCC(C)(C)[C@@H]1CCc2[nH]nc(C(=O)N/N=C/c3ccc(Cl)cc3Cl)c2C1. The molecule has 0 saturated carbocycles. The number of H-pyrrole nitrogens is 1. The van der Waals surface area contributed by atoms with E-state index in [1.54, 1.807) is 18.2 Å². The van der Waals surface area contributed by atoms with E-state index in [9.17, 15) is 4.79 Å². The molecule has 5 nitrogen and oxygen atoms in total. The lowest BCUT2D eigenvalue weighted by Crippen LogP contribution is -2.30. The number of aromatic amines is 1.